The van der Waals surface area contributed by atoms with Crippen LogP contribution in [-0.2, 0) is 19.4 Å². The van der Waals surface area contributed by atoms with Crippen molar-refractivity contribution in [2.24, 2.45) is 5.41 Å². The summed E-state index contributed by atoms with van der Waals surface area (Å²) < 4.78 is 2.58. The molecule has 44 heavy (non-hydrogen) atoms. The number of pyridine rings is 1. The Morgan fingerprint density at radius 1 is 1.11 bits per heavy atom. The van der Waals surface area contributed by atoms with Gasteiger partial charge in [-0.1, -0.05) is 57.6 Å². The number of aromatic nitrogens is 2. The number of fused-ring (bicyclic) bond motifs is 2. The number of hydrogen-bond donors (Lipinski definition) is 0. The van der Waals surface area contributed by atoms with Crippen molar-refractivity contribution >= 4 is 22.2 Å². The molecule has 0 bridgehead atoms. The molecule has 0 radical (unpaired) electrons. The zero-order valence-corrected chi connectivity index (χ0v) is 28.7. The van der Waals surface area contributed by atoms with E-state index in [2.05, 4.69) is 118 Å². The molecule has 0 amide bonds. The highest BCUT2D eigenvalue weighted by Gasteiger charge is 2.32. The number of anilines is 1. The first kappa shape index (κ1) is 32.3. The van der Waals surface area contributed by atoms with E-state index in [0.29, 0.717) is 6.04 Å². The van der Waals surface area contributed by atoms with Crippen LogP contribution in [0.4, 0.5) is 5.69 Å². The van der Waals surface area contributed by atoms with Crippen LogP contribution in [0.5, 0.6) is 0 Å². The molecule has 0 saturated carbocycles. The molecule has 1 unspecified atom stereocenters. The Bertz CT molecular complexity index is 1530. The average Bonchev–Trinajstić information content (AvgIpc) is 3.63. The minimum absolute atomic E-state index is 0.143. The van der Waals surface area contributed by atoms with Crippen molar-refractivity contribution in [3.05, 3.63) is 77.7 Å². The first-order valence-electron chi connectivity index (χ1n) is 17.3. The molecule has 4 nitrogen and oxygen atoms in total. The first-order chi connectivity index (χ1) is 21.2. The quantitative estimate of drug-likeness (QED) is 0.155. The lowest BCUT2D eigenvalue weighted by atomic mass is 9.80. The van der Waals surface area contributed by atoms with E-state index in [9.17, 15) is 0 Å². The second-order valence-corrected chi connectivity index (χ2v) is 13.9. The third kappa shape index (κ3) is 6.61. The molecular formula is C40H56N4. The lowest BCUT2D eigenvalue weighted by Gasteiger charge is -2.39. The van der Waals surface area contributed by atoms with Crippen LogP contribution < -0.4 is 4.90 Å². The van der Waals surface area contributed by atoms with E-state index >= 15 is 0 Å². The summed E-state index contributed by atoms with van der Waals surface area (Å²) in [4.78, 5) is 10.5. The molecular weight excluding hydrogens is 536 g/mol. The van der Waals surface area contributed by atoms with Crippen molar-refractivity contribution in [3.8, 4) is 11.3 Å². The number of nitrogens with zero attached hydrogens (tertiary/aromatic N) is 4. The SMILES string of the molecule is C=CCCC(C)(C)Cc1c(-c2cc(N3CCN4CCCC4C3)cnc2CC)n(CC)c2ccc(C(/C=C(\C)CC)=C/C)cc12. The van der Waals surface area contributed by atoms with Crippen LogP contribution in [0.2, 0.25) is 0 Å². The Balaban J connectivity index is 1.70. The maximum Gasteiger partial charge on any atom is 0.0560 e. The topological polar surface area (TPSA) is 24.3 Å². The van der Waals surface area contributed by atoms with E-state index in [1.165, 1.54) is 75.2 Å². The summed E-state index contributed by atoms with van der Waals surface area (Å²) in [6, 6.07) is 10.4. The highest BCUT2D eigenvalue weighted by atomic mass is 15.3. The van der Waals surface area contributed by atoms with Crippen molar-refractivity contribution < 1.29 is 0 Å². The van der Waals surface area contributed by atoms with Gasteiger partial charge in [0.1, 0.15) is 0 Å². The molecule has 2 saturated heterocycles. The summed E-state index contributed by atoms with van der Waals surface area (Å²) in [5, 5.41) is 1.39. The number of benzene rings is 1. The molecule has 2 aromatic heterocycles. The summed E-state index contributed by atoms with van der Waals surface area (Å²) in [5.41, 5.74) is 12.1. The van der Waals surface area contributed by atoms with E-state index in [1.807, 2.05) is 0 Å². The fourth-order valence-corrected chi connectivity index (χ4v) is 7.55. The molecule has 1 atom stereocenters. The van der Waals surface area contributed by atoms with Crippen LogP contribution in [-0.4, -0.2) is 46.7 Å². The zero-order valence-electron chi connectivity index (χ0n) is 28.7. The van der Waals surface area contributed by atoms with Crippen molar-refractivity contribution in [1.29, 1.82) is 0 Å². The smallest absolute Gasteiger partial charge is 0.0560 e. The van der Waals surface area contributed by atoms with Crippen LogP contribution in [0, 0.1) is 5.41 Å². The van der Waals surface area contributed by atoms with Gasteiger partial charge >= 0.3 is 0 Å². The second kappa shape index (κ2) is 13.9. The van der Waals surface area contributed by atoms with Gasteiger partial charge in [0.15, 0.2) is 0 Å². The van der Waals surface area contributed by atoms with Gasteiger partial charge in [-0.25, -0.2) is 0 Å². The standard InChI is InChI=1S/C40H56N4/c1-9-14-19-40(7,8)26-36-34-24-31(30(11-3)23-29(6)10-2)17-18-38(34)44(13-5)39(36)35-25-33(27-41-37(35)12-4)43-22-21-42-20-15-16-32(42)28-43/h9,11,17-18,23-25,27,32H,1,10,12-16,19-22,26,28H2,2-8H3/b29-23+,30-11+. The molecule has 2 aliphatic rings. The van der Waals surface area contributed by atoms with E-state index in [1.54, 1.807) is 0 Å². The van der Waals surface area contributed by atoms with Gasteiger partial charge in [0, 0.05) is 54.4 Å². The normalized spacial score (nSPS) is 18.3. The van der Waals surface area contributed by atoms with Crippen LogP contribution in [0.25, 0.3) is 27.7 Å². The molecule has 4 heteroatoms. The molecule has 0 N–H and O–H groups in total. The Labute approximate surface area is 267 Å². The highest BCUT2D eigenvalue weighted by Crippen LogP contribution is 2.42. The average molecular weight is 593 g/mol. The van der Waals surface area contributed by atoms with Crippen LogP contribution >= 0.6 is 0 Å². The number of aryl methyl sites for hydroxylation is 2. The summed E-state index contributed by atoms with van der Waals surface area (Å²) in [6.45, 7) is 25.7. The Hall–Kier alpha value is -3.11. The van der Waals surface area contributed by atoms with Gasteiger partial charge in [0.2, 0.25) is 0 Å². The van der Waals surface area contributed by atoms with Crippen LogP contribution in [0.1, 0.15) is 97.4 Å². The highest BCUT2D eigenvalue weighted by molar-refractivity contribution is 5.95. The Morgan fingerprint density at radius 3 is 2.64 bits per heavy atom. The van der Waals surface area contributed by atoms with E-state index in [0.717, 1.165) is 58.3 Å². The largest absolute Gasteiger partial charge is 0.367 e. The summed E-state index contributed by atoms with van der Waals surface area (Å²) in [7, 11) is 0. The van der Waals surface area contributed by atoms with Crippen molar-refractivity contribution in [3.63, 3.8) is 0 Å². The monoisotopic (exact) mass is 592 g/mol. The van der Waals surface area contributed by atoms with Gasteiger partial charge < -0.3 is 9.47 Å². The molecule has 3 aromatic rings. The van der Waals surface area contributed by atoms with Gasteiger partial charge in [-0.2, -0.15) is 0 Å². The third-order valence-electron chi connectivity index (χ3n) is 10.3. The minimum atomic E-state index is 0.143. The predicted octanol–water partition coefficient (Wildman–Crippen LogP) is 9.86. The minimum Gasteiger partial charge on any atom is -0.367 e. The molecule has 4 heterocycles. The van der Waals surface area contributed by atoms with E-state index < -0.39 is 0 Å². The fraction of sp³-hybridized carbons (Fsp3) is 0.525. The van der Waals surface area contributed by atoms with Crippen molar-refractivity contribution in [2.75, 3.05) is 31.1 Å². The molecule has 2 fully saturated rings. The van der Waals surface area contributed by atoms with Gasteiger partial charge in [0.05, 0.1) is 17.6 Å². The number of rotatable bonds is 12. The van der Waals surface area contributed by atoms with Gasteiger partial charge in [-0.15, -0.1) is 6.58 Å². The molecule has 2 aliphatic heterocycles. The van der Waals surface area contributed by atoms with Gasteiger partial charge in [-0.05, 0) is 113 Å². The molecule has 0 spiro atoms. The second-order valence-electron chi connectivity index (χ2n) is 13.9. The summed E-state index contributed by atoms with van der Waals surface area (Å²) in [5.74, 6) is 0. The Kier molecular flexibility index (Phi) is 10.2. The summed E-state index contributed by atoms with van der Waals surface area (Å²) in [6.07, 6.45) is 16.7. The predicted molar refractivity (Wildman–Crippen MR) is 192 cm³/mol. The lowest BCUT2D eigenvalue weighted by molar-refractivity contribution is 0.231. The number of hydrogen-bond acceptors (Lipinski definition) is 3. The number of allylic oxidation sites excluding steroid dienone is 5. The van der Waals surface area contributed by atoms with Crippen LogP contribution in [0.3, 0.4) is 0 Å². The lowest BCUT2D eigenvalue weighted by Crippen LogP contribution is -2.50. The Morgan fingerprint density at radius 2 is 1.93 bits per heavy atom. The molecule has 1 aromatic carbocycles. The zero-order chi connectivity index (χ0) is 31.4. The van der Waals surface area contributed by atoms with Gasteiger partial charge in [0.25, 0.3) is 0 Å². The maximum atomic E-state index is 5.17. The van der Waals surface area contributed by atoms with E-state index in [4.69, 9.17) is 4.98 Å². The van der Waals surface area contributed by atoms with Crippen molar-refractivity contribution in [2.45, 2.75) is 106 Å². The van der Waals surface area contributed by atoms with Crippen molar-refractivity contribution in [1.82, 2.24) is 14.5 Å². The molecule has 0 aliphatic carbocycles. The van der Waals surface area contributed by atoms with Gasteiger partial charge in [-0.3, -0.25) is 9.88 Å². The molecule has 5 rings (SSSR count). The van der Waals surface area contributed by atoms with E-state index in [-0.39, 0.29) is 5.41 Å². The number of piperazine rings is 1. The first-order valence-corrected chi connectivity index (χ1v) is 17.3. The fourth-order valence-electron chi connectivity index (χ4n) is 7.55. The third-order valence-corrected chi connectivity index (χ3v) is 10.3. The maximum absolute atomic E-state index is 5.17. The van der Waals surface area contributed by atoms with Crippen LogP contribution in [0.15, 0.2) is 60.8 Å². The molecule has 236 valence electrons. The summed E-state index contributed by atoms with van der Waals surface area (Å²) >= 11 is 0.